The molecule has 1 aromatic rings. The first-order valence-electron chi connectivity index (χ1n) is 18.4. The number of hydrogen-bond acceptors (Lipinski definition) is 7. The highest BCUT2D eigenvalue weighted by molar-refractivity contribution is 5.99. The number of benzene rings is 1. The van der Waals surface area contributed by atoms with Gasteiger partial charge in [0.05, 0.1) is 22.5 Å². The van der Waals surface area contributed by atoms with Crippen molar-refractivity contribution in [3.8, 4) is 0 Å². The molecular formula is C33H10F41N3O5. The summed E-state index contributed by atoms with van der Waals surface area (Å²) in [6, 6.07) is -0.632. The van der Waals surface area contributed by atoms with Crippen molar-refractivity contribution in [2.24, 2.45) is 9.98 Å². The van der Waals surface area contributed by atoms with Crippen molar-refractivity contribution in [3.63, 3.8) is 0 Å². The van der Waals surface area contributed by atoms with Crippen molar-refractivity contribution in [1.82, 2.24) is 5.32 Å². The number of hydrogen-bond donors (Lipinski definition) is 1. The number of nitrogens with one attached hydrogen (secondary N) is 1. The molecule has 0 aliphatic rings. The van der Waals surface area contributed by atoms with Crippen LogP contribution in [0.2, 0.25) is 0 Å². The Balaban J connectivity index is 4.36. The summed E-state index contributed by atoms with van der Waals surface area (Å²) in [6.07, 6.45) is -8.12. The first-order chi connectivity index (χ1) is 35.4. The van der Waals surface area contributed by atoms with Gasteiger partial charge in [-0.2, -0.15) is 190 Å². The number of halogens is 41. The van der Waals surface area contributed by atoms with Gasteiger partial charge in [-0.15, -0.1) is 0 Å². The maximum atomic E-state index is 15.7. The van der Waals surface area contributed by atoms with E-state index in [1.165, 1.54) is 0 Å². The fraction of sp³-hybridized carbons (Fsp3) is 0.697. The molecule has 0 saturated heterocycles. The van der Waals surface area contributed by atoms with E-state index in [0.29, 0.717) is 13.0 Å². The highest BCUT2D eigenvalue weighted by Gasteiger charge is 3.03. The van der Waals surface area contributed by atoms with Crippen LogP contribution >= 0.6 is 0 Å². The zero-order chi connectivity index (χ0) is 66.7. The van der Waals surface area contributed by atoms with Gasteiger partial charge in [-0.3, -0.25) is 9.59 Å². The number of esters is 1. The van der Waals surface area contributed by atoms with Gasteiger partial charge in [0, 0.05) is 12.5 Å². The molecule has 0 bridgehead atoms. The molecule has 474 valence electrons. The highest BCUT2D eigenvalue weighted by Crippen LogP contribution is 2.72. The van der Waals surface area contributed by atoms with E-state index >= 15 is 26.3 Å². The van der Waals surface area contributed by atoms with E-state index in [1.54, 1.807) is 0 Å². The summed E-state index contributed by atoms with van der Waals surface area (Å²) in [7, 11) is 0. The maximum Gasteiger partial charge on any atom is 0.460 e. The van der Waals surface area contributed by atoms with Crippen molar-refractivity contribution >= 4 is 35.4 Å². The third-order valence-corrected chi connectivity index (χ3v) is 10.4. The van der Waals surface area contributed by atoms with E-state index in [1.807, 2.05) is 0 Å². The standard InChI is InChI=1S/C33H10F41N3O5/c1-7-10(75-4-78)3-9(13(81)77-6-82-8(2)80)11(12(7)76-5-79)14(34,35)15(36,37)16(38,39)17(40,41)18(42,43)19(44,45)20(46,47)21(48,49)22(50,51)23(52,53)24(54,55)25(56,57)26(58,59)27(60,61)28(62,63)29(64,65)30(66,67)31(68,69)32(70,71)33(72,73)74/h3H,6H2,1-2H3,(H,77,81). The number of carbonyl (C=O) groups is 2. The quantitative estimate of drug-likeness (QED) is 0.0364. The summed E-state index contributed by atoms with van der Waals surface area (Å²) in [5, 5.41) is 1.00. The number of rotatable bonds is 24. The number of amides is 1. The van der Waals surface area contributed by atoms with Gasteiger partial charge < -0.3 is 10.1 Å². The molecule has 82 heavy (non-hydrogen) atoms. The Morgan fingerprint density at radius 2 is 0.634 bits per heavy atom. The van der Waals surface area contributed by atoms with Gasteiger partial charge in [-0.05, 0) is 13.0 Å². The summed E-state index contributed by atoms with van der Waals surface area (Å²) in [6.45, 7) is -1.35. The summed E-state index contributed by atoms with van der Waals surface area (Å²) >= 11 is 0. The average molecular weight is 1310 g/mol. The number of alkyl halides is 41. The van der Waals surface area contributed by atoms with Gasteiger partial charge in [0.15, 0.2) is 6.73 Å². The molecule has 0 saturated carbocycles. The Hall–Kier alpha value is -5.95. The number of isocyanates is 2. The molecule has 1 amide bonds. The first-order valence-corrected chi connectivity index (χ1v) is 18.4. The summed E-state index contributed by atoms with van der Waals surface area (Å²) in [4.78, 5) is 49.9. The Labute approximate surface area is 417 Å². The Morgan fingerprint density at radius 3 is 0.854 bits per heavy atom. The molecule has 1 rings (SSSR count). The molecule has 0 radical (unpaired) electrons. The van der Waals surface area contributed by atoms with Crippen LogP contribution in [-0.2, 0) is 25.0 Å². The zero-order valence-electron chi connectivity index (χ0n) is 36.7. The molecular weight excluding hydrogens is 1300 g/mol. The third kappa shape index (κ3) is 9.22. The molecule has 1 N–H and O–H groups in total. The predicted octanol–water partition coefficient (Wildman–Crippen LogP) is 14.3. The van der Waals surface area contributed by atoms with Gasteiger partial charge in [0.25, 0.3) is 5.91 Å². The average Bonchev–Trinajstić information content (AvgIpc) is 3.28. The van der Waals surface area contributed by atoms with Crippen LogP contribution in [0.4, 0.5) is 191 Å². The fourth-order valence-corrected chi connectivity index (χ4v) is 5.59. The smallest absolute Gasteiger partial charge is 0.445 e. The lowest BCUT2D eigenvalue weighted by molar-refractivity contribution is -0.495. The van der Waals surface area contributed by atoms with Crippen LogP contribution in [-0.4, -0.2) is 144 Å². The molecule has 0 atom stereocenters. The van der Waals surface area contributed by atoms with E-state index < -0.39 is 171 Å². The second-order valence-electron chi connectivity index (χ2n) is 15.4. The van der Waals surface area contributed by atoms with Crippen LogP contribution in [0.3, 0.4) is 0 Å². The van der Waals surface area contributed by atoms with Gasteiger partial charge in [0.2, 0.25) is 12.2 Å². The minimum Gasteiger partial charge on any atom is -0.445 e. The van der Waals surface area contributed by atoms with E-state index in [9.17, 15) is 173 Å². The van der Waals surface area contributed by atoms with Crippen LogP contribution < -0.4 is 5.32 Å². The van der Waals surface area contributed by atoms with Crippen molar-refractivity contribution in [2.75, 3.05) is 6.73 Å². The second-order valence-corrected chi connectivity index (χ2v) is 15.4. The Bertz CT molecular complexity index is 2710. The van der Waals surface area contributed by atoms with Gasteiger partial charge in [0.1, 0.15) is 0 Å². The molecule has 1 aromatic carbocycles. The molecule has 0 spiro atoms. The number of carbonyl (C=O) groups excluding carboxylic acids is 4. The largest absolute Gasteiger partial charge is 0.460 e. The number of nitrogens with zero attached hydrogens (tertiary/aromatic N) is 2. The van der Waals surface area contributed by atoms with Gasteiger partial charge >= 0.3 is 125 Å². The molecule has 0 aliphatic heterocycles. The molecule has 0 heterocycles. The van der Waals surface area contributed by atoms with Crippen LogP contribution in [0.5, 0.6) is 0 Å². The van der Waals surface area contributed by atoms with Crippen molar-refractivity contribution in [2.45, 2.75) is 133 Å². The zero-order valence-corrected chi connectivity index (χ0v) is 36.7. The van der Waals surface area contributed by atoms with E-state index in [-0.39, 0.29) is 13.0 Å². The lowest BCUT2D eigenvalue weighted by atomic mass is 9.81. The summed E-state index contributed by atoms with van der Waals surface area (Å²) < 4.78 is 586. The van der Waals surface area contributed by atoms with Crippen molar-refractivity contribution in [3.05, 3.63) is 22.8 Å². The molecule has 8 nitrogen and oxygen atoms in total. The van der Waals surface area contributed by atoms with Crippen LogP contribution in [0.25, 0.3) is 0 Å². The van der Waals surface area contributed by atoms with Gasteiger partial charge in [-0.25, -0.2) is 9.59 Å². The van der Waals surface area contributed by atoms with Crippen molar-refractivity contribution < 1.29 is 204 Å². The normalized spacial score (nSPS) is 15.6. The van der Waals surface area contributed by atoms with Gasteiger partial charge in [-0.1, -0.05) is 0 Å². The molecule has 0 aromatic heterocycles. The lowest BCUT2D eigenvalue weighted by Gasteiger charge is -2.47. The minimum absolute atomic E-state index is 0.0176. The fourth-order valence-electron chi connectivity index (χ4n) is 5.59. The van der Waals surface area contributed by atoms with Crippen LogP contribution in [0, 0.1) is 6.92 Å². The Morgan fingerprint density at radius 1 is 0.402 bits per heavy atom. The molecule has 0 unspecified atom stereocenters. The van der Waals surface area contributed by atoms with E-state index in [4.69, 9.17) is 0 Å². The second kappa shape index (κ2) is 20.1. The molecule has 0 aliphatic carbocycles. The monoisotopic (exact) mass is 1310 g/mol. The topological polar surface area (TPSA) is 114 Å². The summed E-state index contributed by atoms with van der Waals surface area (Å²) in [5.41, 5.74) is -12.4. The maximum absolute atomic E-state index is 15.7. The predicted molar refractivity (Wildman–Crippen MR) is 170 cm³/mol. The first kappa shape index (κ1) is 74.1. The number of ether oxygens (including phenoxy) is 1. The Kier molecular flexibility index (Phi) is 18.2. The van der Waals surface area contributed by atoms with Crippen LogP contribution in [0.1, 0.15) is 28.4 Å². The SMILES string of the molecule is CC(=O)OCNC(=O)c1cc(N=C=O)c(C)c(N=C=O)c1C(F)(F)C(F)(F)C(F)(F)C(F)(F)C(F)(F)C(F)(F)C(F)(F)C(F)(F)C(F)(F)C(F)(F)C(F)(F)C(F)(F)C(F)(F)C(F)(F)C(F)(F)C(F)(F)C(F)(F)C(F)(F)C(F)(F)C(F)(F)F. The number of aliphatic imine (C=N–C) groups is 2. The molecule has 0 fully saturated rings. The summed E-state index contributed by atoms with van der Waals surface area (Å²) in [5.74, 6) is -197. The van der Waals surface area contributed by atoms with E-state index in [0.717, 1.165) is 5.32 Å². The van der Waals surface area contributed by atoms with Crippen molar-refractivity contribution in [1.29, 1.82) is 0 Å². The van der Waals surface area contributed by atoms with E-state index in [2.05, 4.69) is 14.7 Å². The minimum atomic E-state index is -10.7. The third-order valence-electron chi connectivity index (χ3n) is 10.4. The lowest BCUT2D eigenvalue weighted by Crippen LogP contribution is -2.80. The highest BCUT2D eigenvalue weighted by atomic mass is 19.4. The van der Waals surface area contributed by atoms with Crippen LogP contribution in [0.15, 0.2) is 16.1 Å². The molecule has 49 heteroatoms.